The molecule has 2 aliphatic carbocycles. The van der Waals surface area contributed by atoms with Crippen molar-refractivity contribution in [2.24, 2.45) is 29.1 Å². The summed E-state index contributed by atoms with van der Waals surface area (Å²) < 4.78 is 5.37. The summed E-state index contributed by atoms with van der Waals surface area (Å²) >= 11 is 0. The van der Waals surface area contributed by atoms with Gasteiger partial charge in [0.25, 0.3) is 0 Å². The largest absolute Gasteiger partial charge is 0.496 e. The minimum absolute atomic E-state index is 0.0219. The summed E-state index contributed by atoms with van der Waals surface area (Å²) in [6.45, 7) is 8.28. The van der Waals surface area contributed by atoms with Crippen LogP contribution in [-0.4, -0.2) is 36.2 Å². The lowest BCUT2D eigenvalue weighted by atomic mass is 9.51. The number of ether oxygens (including phenoxy) is 1. The highest BCUT2D eigenvalue weighted by atomic mass is 16.5. The topological polar surface area (TPSA) is 87.7 Å². The second-order valence-corrected chi connectivity index (χ2v) is 9.90. The lowest BCUT2D eigenvalue weighted by Gasteiger charge is -2.56. The molecule has 0 bridgehead atoms. The number of fused-ring (bicyclic) bond motifs is 1. The standard InChI is InChI=1S/C25H38N2O4/c1-15(24(30)26-14-18-8-6-7-9-21(18)31-5)19-10-12-25(4)13-11-20(27-17(3)28)16(2)22(25)23(19)29/h6-9,15-16,19-20,22-23,29H,10-14H2,1-5H3,(H,26,30)(H,27,28)/t15-,16-,19+,20-,22+,23-,25+/m0/s1. The number of carbonyl (C=O) groups is 2. The van der Waals surface area contributed by atoms with Crippen LogP contribution in [0, 0.1) is 29.1 Å². The molecule has 1 aromatic rings. The third kappa shape index (κ3) is 4.89. The highest BCUT2D eigenvalue weighted by Crippen LogP contribution is 2.55. The van der Waals surface area contributed by atoms with E-state index in [2.05, 4.69) is 24.5 Å². The van der Waals surface area contributed by atoms with Crippen LogP contribution in [0.1, 0.15) is 58.9 Å². The Bertz CT molecular complexity index is 797. The van der Waals surface area contributed by atoms with Crippen LogP contribution in [0.5, 0.6) is 5.75 Å². The van der Waals surface area contributed by atoms with Crippen LogP contribution in [0.15, 0.2) is 24.3 Å². The summed E-state index contributed by atoms with van der Waals surface area (Å²) in [6.07, 6.45) is 3.22. The maximum Gasteiger partial charge on any atom is 0.223 e. The Hall–Kier alpha value is -2.08. The molecule has 2 aliphatic rings. The lowest BCUT2D eigenvalue weighted by molar-refractivity contribution is -0.143. The Kier molecular flexibility index (Phi) is 7.30. The third-order valence-corrected chi connectivity index (χ3v) is 7.98. The summed E-state index contributed by atoms with van der Waals surface area (Å²) in [7, 11) is 1.62. The minimum atomic E-state index is -0.558. The number of methoxy groups -OCH3 is 1. The first kappa shape index (κ1) is 23.6. The van der Waals surface area contributed by atoms with Gasteiger partial charge < -0.3 is 20.5 Å². The number of para-hydroxylation sites is 1. The predicted octanol–water partition coefficient (Wildman–Crippen LogP) is 3.28. The number of carbonyl (C=O) groups excluding carboxylic acids is 2. The fourth-order valence-electron chi connectivity index (χ4n) is 6.15. The van der Waals surface area contributed by atoms with Crippen LogP contribution in [0.3, 0.4) is 0 Å². The van der Waals surface area contributed by atoms with Gasteiger partial charge in [-0.25, -0.2) is 0 Å². The fourth-order valence-corrected chi connectivity index (χ4v) is 6.15. The molecule has 2 fully saturated rings. The first-order chi connectivity index (χ1) is 14.7. The van der Waals surface area contributed by atoms with Crippen molar-refractivity contribution in [2.75, 3.05) is 7.11 Å². The van der Waals surface area contributed by atoms with E-state index in [1.54, 1.807) is 14.0 Å². The van der Waals surface area contributed by atoms with E-state index in [0.717, 1.165) is 37.0 Å². The molecule has 7 atom stereocenters. The molecule has 172 valence electrons. The molecule has 0 aliphatic heterocycles. The monoisotopic (exact) mass is 430 g/mol. The highest BCUT2D eigenvalue weighted by molar-refractivity contribution is 5.78. The Morgan fingerprint density at radius 1 is 1.26 bits per heavy atom. The van der Waals surface area contributed by atoms with Gasteiger partial charge in [-0.1, -0.05) is 39.0 Å². The molecule has 31 heavy (non-hydrogen) atoms. The average Bonchev–Trinajstić information content (AvgIpc) is 2.73. The van der Waals surface area contributed by atoms with Crippen molar-refractivity contribution >= 4 is 11.8 Å². The lowest BCUT2D eigenvalue weighted by Crippen LogP contribution is -2.58. The van der Waals surface area contributed by atoms with E-state index in [9.17, 15) is 14.7 Å². The van der Waals surface area contributed by atoms with E-state index >= 15 is 0 Å². The van der Waals surface area contributed by atoms with Crippen molar-refractivity contribution in [3.05, 3.63) is 29.8 Å². The van der Waals surface area contributed by atoms with Crippen molar-refractivity contribution in [3.8, 4) is 5.75 Å². The van der Waals surface area contributed by atoms with Crippen molar-refractivity contribution < 1.29 is 19.4 Å². The van der Waals surface area contributed by atoms with E-state index in [1.165, 1.54) is 0 Å². The van der Waals surface area contributed by atoms with E-state index in [4.69, 9.17) is 4.74 Å². The van der Waals surface area contributed by atoms with Crippen LogP contribution in [0.2, 0.25) is 0 Å². The number of rotatable bonds is 6. The van der Waals surface area contributed by atoms with E-state index in [0.29, 0.717) is 6.54 Å². The number of benzene rings is 1. The molecular weight excluding hydrogens is 392 g/mol. The van der Waals surface area contributed by atoms with Gasteiger partial charge in [0.1, 0.15) is 5.75 Å². The van der Waals surface area contributed by atoms with Gasteiger partial charge in [0.2, 0.25) is 11.8 Å². The van der Waals surface area contributed by atoms with Gasteiger partial charge >= 0.3 is 0 Å². The third-order valence-electron chi connectivity index (χ3n) is 7.98. The average molecular weight is 431 g/mol. The molecule has 3 rings (SSSR count). The summed E-state index contributed by atoms with van der Waals surface area (Å²) in [5.41, 5.74) is 0.985. The molecule has 0 saturated heterocycles. The normalized spacial score (nSPS) is 33.7. The van der Waals surface area contributed by atoms with Crippen molar-refractivity contribution in [1.29, 1.82) is 0 Å². The number of amides is 2. The van der Waals surface area contributed by atoms with Crippen molar-refractivity contribution in [1.82, 2.24) is 10.6 Å². The van der Waals surface area contributed by atoms with Gasteiger partial charge in [-0.2, -0.15) is 0 Å². The molecule has 6 heteroatoms. The predicted molar refractivity (Wildman–Crippen MR) is 120 cm³/mol. The minimum Gasteiger partial charge on any atom is -0.496 e. The summed E-state index contributed by atoms with van der Waals surface area (Å²) in [5.74, 6) is 0.554. The van der Waals surface area contributed by atoms with E-state index in [1.807, 2.05) is 31.2 Å². The zero-order valence-corrected chi connectivity index (χ0v) is 19.5. The Morgan fingerprint density at radius 3 is 2.61 bits per heavy atom. The fraction of sp³-hybridized carbons (Fsp3) is 0.680. The molecule has 0 heterocycles. The second-order valence-electron chi connectivity index (χ2n) is 9.90. The van der Waals surface area contributed by atoms with Gasteiger partial charge in [-0.15, -0.1) is 0 Å². The van der Waals surface area contributed by atoms with Gasteiger partial charge in [-0.3, -0.25) is 9.59 Å². The molecule has 0 aromatic heterocycles. The first-order valence-corrected chi connectivity index (χ1v) is 11.5. The number of hydrogen-bond acceptors (Lipinski definition) is 4. The quantitative estimate of drug-likeness (QED) is 0.646. The summed E-state index contributed by atoms with van der Waals surface area (Å²) in [6, 6.07) is 7.73. The number of aliphatic hydroxyl groups is 1. The van der Waals surface area contributed by atoms with Gasteiger partial charge in [0, 0.05) is 31.0 Å². The molecule has 0 unspecified atom stereocenters. The van der Waals surface area contributed by atoms with Crippen molar-refractivity contribution in [3.63, 3.8) is 0 Å². The van der Waals surface area contributed by atoms with Gasteiger partial charge in [0.05, 0.1) is 13.2 Å². The molecular formula is C25H38N2O4. The summed E-state index contributed by atoms with van der Waals surface area (Å²) in [4.78, 5) is 24.6. The maximum atomic E-state index is 13.0. The first-order valence-electron chi connectivity index (χ1n) is 11.5. The number of nitrogens with one attached hydrogen (secondary N) is 2. The molecule has 1 aromatic carbocycles. The number of hydrogen-bond donors (Lipinski definition) is 3. The molecule has 3 N–H and O–H groups in total. The Balaban J connectivity index is 1.68. The highest BCUT2D eigenvalue weighted by Gasteiger charge is 2.53. The van der Waals surface area contributed by atoms with E-state index in [-0.39, 0.29) is 46.9 Å². The SMILES string of the molecule is COc1ccccc1CNC(=O)[C@@H](C)[C@H]1CC[C@]2(C)CC[C@H](NC(C)=O)[C@H](C)[C@@H]2[C@H]1O. The number of aliphatic hydroxyl groups excluding tert-OH is 1. The van der Waals surface area contributed by atoms with Gasteiger partial charge in [0.15, 0.2) is 0 Å². The molecule has 0 radical (unpaired) electrons. The molecule has 2 saturated carbocycles. The molecule has 6 nitrogen and oxygen atoms in total. The van der Waals surface area contributed by atoms with Crippen LogP contribution >= 0.6 is 0 Å². The second kappa shape index (κ2) is 9.60. The zero-order valence-electron chi connectivity index (χ0n) is 19.5. The Labute approximate surface area is 186 Å². The van der Waals surface area contributed by atoms with Crippen molar-refractivity contribution in [2.45, 2.75) is 72.1 Å². The zero-order chi connectivity index (χ0) is 22.8. The smallest absolute Gasteiger partial charge is 0.223 e. The van der Waals surface area contributed by atoms with Crippen LogP contribution in [0.4, 0.5) is 0 Å². The molecule has 0 spiro atoms. The Morgan fingerprint density at radius 2 is 1.94 bits per heavy atom. The molecule has 2 amide bonds. The van der Waals surface area contributed by atoms with Crippen LogP contribution in [-0.2, 0) is 16.1 Å². The van der Waals surface area contributed by atoms with E-state index < -0.39 is 6.10 Å². The summed E-state index contributed by atoms with van der Waals surface area (Å²) in [5, 5.41) is 17.5. The van der Waals surface area contributed by atoms with Crippen LogP contribution in [0.25, 0.3) is 0 Å². The van der Waals surface area contributed by atoms with Gasteiger partial charge in [-0.05, 0) is 54.9 Å². The maximum absolute atomic E-state index is 13.0. The van der Waals surface area contributed by atoms with Crippen LogP contribution < -0.4 is 15.4 Å².